The Hall–Kier alpha value is -1.77. The van der Waals surface area contributed by atoms with Crippen LogP contribution in [0, 0.1) is 0 Å². The van der Waals surface area contributed by atoms with Crippen LogP contribution in [0.2, 0.25) is 5.02 Å². The van der Waals surface area contributed by atoms with Gasteiger partial charge in [0, 0.05) is 40.8 Å². The monoisotopic (exact) mass is 324 g/mol. The quantitative estimate of drug-likeness (QED) is 0.675. The van der Waals surface area contributed by atoms with Gasteiger partial charge < -0.3 is 4.57 Å². The largest absolute Gasteiger partial charge is 0.343 e. The highest BCUT2D eigenvalue weighted by Gasteiger charge is 2.23. The van der Waals surface area contributed by atoms with Crippen LogP contribution in [0.15, 0.2) is 54.6 Å². The van der Waals surface area contributed by atoms with E-state index in [1.165, 1.54) is 28.6 Å². The van der Waals surface area contributed by atoms with Gasteiger partial charge in [-0.1, -0.05) is 41.9 Å². The van der Waals surface area contributed by atoms with Crippen LogP contribution < -0.4 is 0 Å². The molecule has 0 bridgehead atoms. The van der Waals surface area contributed by atoms with E-state index in [0.29, 0.717) is 6.04 Å². The third-order valence-electron chi connectivity index (χ3n) is 4.97. The van der Waals surface area contributed by atoms with Gasteiger partial charge in [0.25, 0.3) is 0 Å². The topological polar surface area (TPSA) is 8.17 Å². The zero-order valence-corrected chi connectivity index (χ0v) is 14.1. The standard InChI is InChI=1S/C20H21ClN2/c1-22(13-15-5-3-2-4-6-15)19-9-8-18-12-16-11-17(21)7-10-20(16)23(18)14-19/h2-7,10-12,19H,8-9,13-14H2,1H3/t19-/m0/s1. The summed E-state index contributed by atoms with van der Waals surface area (Å²) in [5.74, 6) is 0. The predicted molar refractivity (Wildman–Crippen MR) is 97.0 cm³/mol. The molecule has 3 heteroatoms. The highest BCUT2D eigenvalue weighted by Crippen LogP contribution is 2.29. The van der Waals surface area contributed by atoms with Crippen molar-refractivity contribution in [3.63, 3.8) is 0 Å². The molecule has 0 N–H and O–H groups in total. The molecule has 23 heavy (non-hydrogen) atoms. The number of nitrogens with zero attached hydrogens (tertiary/aromatic N) is 2. The van der Waals surface area contributed by atoms with Crippen molar-refractivity contribution in [1.29, 1.82) is 0 Å². The SMILES string of the molecule is CN(Cc1ccccc1)[C@H]1CCc2cc3cc(Cl)ccc3n2C1. The predicted octanol–water partition coefficient (Wildman–Crippen LogP) is 4.74. The van der Waals surface area contributed by atoms with Crippen LogP contribution in [0.4, 0.5) is 0 Å². The van der Waals surface area contributed by atoms with Crippen LogP contribution in [0.3, 0.4) is 0 Å². The Morgan fingerprint density at radius 3 is 2.78 bits per heavy atom. The van der Waals surface area contributed by atoms with Crippen LogP contribution in [-0.4, -0.2) is 22.6 Å². The van der Waals surface area contributed by atoms with Crippen LogP contribution in [-0.2, 0) is 19.5 Å². The lowest BCUT2D eigenvalue weighted by atomic mass is 10.0. The molecule has 2 nitrogen and oxygen atoms in total. The second kappa shape index (κ2) is 6.03. The van der Waals surface area contributed by atoms with Gasteiger partial charge in [0.15, 0.2) is 0 Å². The maximum absolute atomic E-state index is 6.13. The van der Waals surface area contributed by atoms with E-state index in [-0.39, 0.29) is 0 Å². The minimum Gasteiger partial charge on any atom is -0.343 e. The fourth-order valence-corrected chi connectivity index (χ4v) is 3.88. The number of hydrogen-bond acceptors (Lipinski definition) is 1. The summed E-state index contributed by atoms with van der Waals surface area (Å²) >= 11 is 6.13. The zero-order chi connectivity index (χ0) is 15.8. The zero-order valence-electron chi connectivity index (χ0n) is 13.4. The second-order valence-corrected chi connectivity index (χ2v) is 6.98. The highest BCUT2D eigenvalue weighted by molar-refractivity contribution is 6.31. The molecule has 3 aromatic rings. The first-order valence-corrected chi connectivity index (χ1v) is 8.60. The van der Waals surface area contributed by atoms with Crippen molar-refractivity contribution in [3.05, 3.63) is 70.9 Å². The van der Waals surface area contributed by atoms with Crippen molar-refractivity contribution in [2.24, 2.45) is 0 Å². The smallest absolute Gasteiger partial charge is 0.0484 e. The lowest BCUT2D eigenvalue weighted by molar-refractivity contribution is 0.188. The Balaban J connectivity index is 1.57. The maximum atomic E-state index is 6.13. The van der Waals surface area contributed by atoms with Crippen molar-refractivity contribution in [3.8, 4) is 0 Å². The molecule has 0 saturated carbocycles. The lowest BCUT2D eigenvalue weighted by Crippen LogP contribution is -2.38. The summed E-state index contributed by atoms with van der Waals surface area (Å²) in [5.41, 5.74) is 4.12. The van der Waals surface area contributed by atoms with Gasteiger partial charge in [0.2, 0.25) is 0 Å². The van der Waals surface area contributed by atoms with E-state index in [4.69, 9.17) is 11.6 Å². The fourth-order valence-electron chi connectivity index (χ4n) is 3.70. The Kier molecular flexibility index (Phi) is 3.88. The summed E-state index contributed by atoms with van der Waals surface area (Å²) in [6.07, 6.45) is 2.35. The van der Waals surface area contributed by atoms with Crippen molar-refractivity contribution in [1.82, 2.24) is 9.47 Å². The molecule has 0 unspecified atom stereocenters. The van der Waals surface area contributed by atoms with E-state index in [1.54, 1.807) is 0 Å². The minimum absolute atomic E-state index is 0.578. The van der Waals surface area contributed by atoms with E-state index in [0.717, 1.165) is 24.5 Å². The van der Waals surface area contributed by atoms with Gasteiger partial charge in [-0.25, -0.2) is 0 Å². The van der Waals surface area contributed by atoms with Gasteiger partial charge in [-0.15, -0.1) is 0 Å². The van der Waals surface area contributed by atoms with Crippen molar-refractivity contribution >= 4 is 22.5 Å². The number of likely N-dealkylation sites (N-methyl/N-ethyl adjacent to an activating group) is 1. The third-order valence-corrected chi connectivity index (χ3v) is 5.21. The Morgan fingerprint density at radius 1 is 1.13 bits per heavy atom. The first-order chi connectivity index (χ1) is 11.2. The van der Waals surface area contributed by atoms with Gasteiger partial charge in [0.1, 0.15) is 0 Å². The molecule has 0 amide bonds. The molecule has 1 atom stereocenters. The molecule has 1 aromatic heterocycles. The minimum atomic E-state index is 0.578. The molecule has 1 aliphatic rings. The van der Waals surface area contributed by atoms with E-state index < -0.39 is 0 Å². The molecule has 2 heterocycles. The molecule has 0 spiro atoms. The number of rotatable bonds is 3. The number of fused-ring (bicyclic) bond motifs is 3. The molecule has 0 saturated heterocycles. The summed E-state index contributed by atoms with van der Waals surface area (Å²) in [6, 6.07) is 19.8. The Bertz CT molecular complexity index is 822. The fraction of sp³-hybridized carbons (Fsp3) is 0.300. The highest BCUT2D eigenvalue weighted by atomic mass is 35.5. The van der Waals surface area contributed by atoms with Crippen LogP contribution in [0.1, 0.15) is 17.7 Å². The van der Waals surface area contributed by atoms with Gasteiger partial charge >= 0.3 is 0 Å². The molecule has 0 fully saturated rings. The first-order valence-electron chi connectivity index (χ1n) is 8.22. The Labute approximate surface area is 142 Å². The van der Waals surface area contributed by atoms with Crippen molar-refractivity contribution in [2.75, 3.05) is 7.05 Å². The molecular formula is C20H21ClN2. The van der Waals surface area contributed by atoms with E-state index in [9.17, 15) is 0 Å². The van der Waals surface area contributed by atoms with Crippen LogP contribution in [0.5, 0.6) is 0 Å². The maximum Gasteiger partial charge on any atom is 0.0484 e. The lowest BCUT2D eigenvalue weighted by Gasteiger charge is -2.33. The van der Waals surface area contributed by atoms with E-state index in [1.807, 2.05) is 6.07 Å². The molecular weight excluding hydrogens is 304 g/mol. The van der Waals surface area contributed by atoms with E-state index in [2.05, 4.69) is 65.0 Å². The summed E-state index contributed by atoms with van der Waals surface area (Å²) in [5, 5.41) is 2.08. The molecule has 0 radical (unpaired) electrons. The number of halogens is 1. The summed E-state index contributed by atoms with van der Waals surface area (Å²) < 4.78 is 2.47. The van der Waals surface area contributed by atoms with Crippen LogP contribution in [0.25, 0.3) is 10.9 Å². The summed E-state index contributed by atoms with van der Waals surface area (Å²) in [4.78, 5) is 2.49. The van der Waals surface area contributed by atoms with Gasteiger partial charge in [0.05, 0.1) is 0 Å². The number of hydrogen-bond donors (Lipinski definition) is 0. The molecule has 0 aliphatic carbocycles. The number of benzene rings is 2. The summed E-state index contributed by atoms with van der Waals surface area (Å²) in [6.45, 7) is 2.07. The number of aromatic nitrogens is 1. The third kappa shape index (κ3) is 2.89. The van der Waals surface area contributed by atoms with Crippen molar-refractivity contribution in [2.45, 2.75) is 32.0 Å². The second-order valence-electron chi connectivity index (χ2n) is 6.54. The summed E-state index contributed by atoms with van der Waals surface area (Å²) in [7, 11) is 2.24. The first kappa shape index (κ1) is 14.8. The van der Waals surface area contributed by atoms with Gasteiger partial charge in [-0.2, -0.15) is 0 Å². The average Bonchev–Trinajstić information content (AvgIpc) is 2.92. The van der Waals surface area contributed by atoms with E-state index >= 15 is 0 Å². The molecule has 2 aromatic carbocycles. The normalized spacial score (nSPS) is 17.6. The molecule has 118 valence electrons. The van der Waals surface area contributed by atoms with Gasteiger partial charge in [-0.05, 0) is 49.7 Å². The Morgan fingerprint density at radius 2 is 1.96 bits per heavy atom. The van der Waals surface area contributed by atoms with Gasteiger partial charge in [-0.3, -0.25) is 4.90 Å². The van der Waals surface area contributed by atoms with Crippen molar-refractivity contribution < 1.29 is 0 Å². The average molecular weight is 325 g/mol. The molecule has 1 aliphatic heterocycles. The molecule has 4 rings (SSSR count). The van der Waals surface area contributed by atoms with Crippen LogP contribution >= 0.6 is 11.6 Å². The number of aryl methyl sites for hydroxylation is 1.